The van der Waals surface area contributed by atoms with Gasteiger partial charge in [0.05, 0.1) is 0 Å². The van der Waals surface area contributed by atoms with Crippen LogP contribution in [0.2, 0.25) is 5.02 Å². The van der Waals surface area contributed by atoms with E-state index in [9.17, 15) is 4.79 Å². The largest absolute Gasteiger partial charge is 0.372 e. The van der Waals surface area contributed by atoms with Crippen molar-refractivity contribution in [3.63, 3.8) is 0 Å². The van der Waals surface area contributed by atoms with Gasteiger partial charge in [0, 0.05) is 35.1 Å². The smallest absolute Gasteiger partial charge is 0.255 e. The quantitative estimate of drug-likeness (QED) is 0.863. The fraction of sp³-hybridized carbons (Fsp3) is 0.278. The Hall–Kier alpha value is -2.00. The van der Waals surface area contributed by atoms with E-state index in [1.807, 2.05) is 43.3 Å². The predicted molar refractivity (Wildman–Crippen MR) is 94.1 cm³/mol. The summed E-state index contributed by atoms with van der Waals surface area (Å²) < 4.78 is 0. The number of aryl methyl sites for hydroxylation is 1. The van der Waals surface area contributed by atoms with Crippen molar-refractivity contribution in [3.05, 3.63) is 58.6 Å². The Morgan fingerprint density at radius 2 is 1.73 bits per heavy atom. The zero-order valence-electron chi connectivity index (χ0n) is 13.2. The fourth-order valence-electron chi connectivity index (χ4n) is 2.37. The Morgan fingerprint density at radius 3 is 2.27 bits per heavy atom. The Balaban J connectivity index is 2.13. The number of rotatable bonds is 5. The van der Waals surface area contributed by atoms with E-state index >= 15 is 0 Å². The summed E-state index contributed by atoms with van der Waals surface area (Å²) in [6.07, 6.45) is 0. The van der Waals surface area contributed by atoms with Gasteiger partial charge in [0.25, 0.3) is 5.91 Å². The highest BCUT2D eigenvalue weighted by Gasteiger charge is 2.09. The molecule has 3 nitrogen and oxygen atoms in total. The van der Waals surface area contributed by atoms with Crippen LogP contribution in [0.3, 0.4) is 0 Å². The topological polar surface area (TPSA) is 32.3 Å². The number of hydrogen-bond donors (Lipinski definition) is 1. The monoisotopic (exact) mass is 316 g/mol. The van der Waals surface area contributed by atoms with Crippen molar-refractivity contribution in [2.75, 3.05) is 23.3 Å². The average Bonchev–Trinajstić information content (AvgIpc) is 2.52. The molecule has 0 aromatic heterocycles. The van der Waals surface area contributed by atoms with Crippen molar-refractivity contribution >= 4 is 28.9 Å². The van der Waals surface area contributed by atoms with Gasteiger partial charge in [-0.15, -0.1) is 0 Å². The second kappa shape index (κ2) is 7.32. The second-order valence-electron chi connectivity index (χ2n) is 5.13. The number of amides is 1. The van der Waals surface area contributed by atoms with Crippen LogP contribution in [0.5, 0.6) is 0 Å². The Labute approximate surface area is 136 Å². The van der Waals surface area contributed by atoms with Gasteiger partial charge in [0.1, 0.15) is 0 Å². The lowest BCUT2D eigenvalue weighted by Crippen LogP contribution is -2.21. The van der Waals surface area contributed by atoms with Crippen molar-refractivity contribution < 1.29 is 4.79 Å². The molecule has 22 heavy (non-hydrogen) atoms. The van der Waals surface area contributed by atoms with E-state index in [2.05, 4.69) is 24.1 Å². The van der Waals surface area contributed by atoms with Gasteiger partial charge < -0.3 is 10.2 Å². The maximum Gasteiger partial charge on any atom is 0.255 e. The normalized spacial score (nSPS) is 10.4. The maximum absolute atomic E-state index is 12.3. The summed E-state index contributed by atoms with van der Waals surface area (Å²) in [5.74, 6) is -0.114. The third kappa shape index (κ3) is 3.80. The zero-order valence-corrected chi connectivity index (χ0v) is 13.9. The molecule has 0 aliphatic rings. The van der Waals surface area contributed by atoms with Crippen LogP contribution in [0, 0.1) is 6.92 Å². The zero-order chi connectivity index (χ0) is 16.1. The van der Waals surface area contributed by atoms with Crippen LogP contribution < -0.4 is 10.2 Å². The van der Waals surface area contributed by atoms with Crippen molar-refractivity contribution in [3.8, 4) is 0 Å². The number of anilines is 2. The molecule has 0 fully saturated rings. The lowest BCUT2D eigenvalue weighted by atomic mass is 10.1. The lowest BCUT2D eigenvalue weighted by molar-refractivity contribution is 0.102. The predicted octanol–water partition coefficient (Wildman–Crippen LogP) is 4.75. The van der Waals surface area contributed by atoms with Crippen LogP contribution in [0.25, 0.3) is 0 Å². The average molecular weight is 317 g/mol. The fourth-order valence-corrected chi connectivity index (χ4v) is 2.60. The Morgan fingerprint density at radius 1 is 1.09 bits per heavy atom. The first-order chi connectivity index (χ1) is 10.5. The molecule has 2 aromatic rings. The highest BCUT2D eigenvalue weighted by molar-refractivity contribution is 6.30. The molecular formula is C18H21ClN2O. The molecule has 0 saturated heterocycles. The van der Waals surface area contributed by atoms with E-state index in [0.717, 1.165) is 30.0 Å². The van der Waals surface area contributed by atoms with Crippen LogP contribution in [0.4, 0.5) is 11.4 Å². The molecule has 116 valence electrons. The van der Waals surface area contributed by atoms with Crippen LogP contribution in [-0.4, -0.2) is 19.0 Å². The van der Waals surface area contributed by atoms with Crippen molar-refractivity contribution in [1.29, 1.82) is 0 Å². The van der Waals surface area contributed by atoms with Gasteiger partial charge in [-0.3, -0.25) is 4.79 Å². The highest BCUT2D eigenvalue weighted by atomic mass is 35.5. The molecule has 0 radical (unpaired) electrons. The second-order valence-corrected chi connectivity index (χ2v) is 5.57. The number of halogens is 1. The van der Waals surface area contributed by atoms with Crippen LogP contribution >= 0.6 is 11.6 Å². The number of benzene rings is 2. The number of nitrogens with one attached hydrogen (secondary N) is 1. The number of carbonyl (C=O) groups excluding carboxylic acids is 1. The lowest BCUT2D eigenvalue weighted by Gasteiger charge is -2.21. The minimum atomic E-state index is -0.114. The minimum absolute atomic E-state index is 0.114. The molecule has 0 aliphatic carbocycles. The minimum Gasteiger partial charge on any atom is -0.372 e. The van der Waals surface area contributed by atoms with Crippen molar-refractivity contribution in [2.45, 2.75) is 20.8 Å². The summed E-state index contributed by atoms with van der Waals surface area (Å²) in [4.78, 5) is 14.6. The maximum atomic E-state index is 12.3. The molecule has 0 spiro atoms. The first-order valence-corrected chi connectivity index (χ1v) is 7.85. The molecule has 4 heteroatoms. The number of carbonyl (C=O) groups is 1. The molecule has 0 saturated carbocycles. The molecule has 0 unspecified atom stereocenters. The Kier molecular flexibility index (Phi) is 5.45. The van der Waals surface area contributed by atoms with Gasteiger partial charge in [-0.1, -0.05) is 11.6 Å². The molecule has 2 rings (SSSR count). The summed E-state index contributed by atoms with van der Waals surface area (Å²) >= 11 is 5.93. The molecule has 0 atom stereocenters. The summed E-state index contributed by atoms with van der Waals surface area (Å²) in [6, 6.07) is 13.1. The molecule has 1 amide bonds. The third-order valence-electron chi connectivity index (χ3n) is 3.69. The highest BCUT2D eigenvalue weighted by Crippen LogP contribution is 2.21. The van der Waals surface area contributed by atoms with Crippen molar-refractivity contribution in [2.24, 2.45) is 0 Å². The summed E-state index contributed by atoms with van der Waals surface area (Å²) in [5.41, 5.74) is 3.50. The molecule has 0 heterocycles. The van der Waals surface area contributed by atoms with E-state index < -0.39 is 0 Å². The number of hydrogen-bond acceptors (Lipinski definition) is 2. The number of nitrogens with zero attached hydrogens (tertiary/aromatic N) is 1. The van der Waals surface area contributed by atoms with Crippen molar-refractivity contribution in [1.82, 2.24) is 0 Å². The van der Waals surface area contributed by atoms with E-state index in [-0.39, 0.29) is 5.91 Å². The summed E-state index contributed by atoms with van der Waals surface area (Å²) in [7, 11) is 0. The Bertz CT molecular complexity index is 649. The van der Waals surface area contributed by atoms with Gasteiger partial charge in [-0.2, -0.15) is 0 Å². The van der Waals surface area contributed by atoms with Gasteiger partial charge in [0.15, 0.2) is 0 Å². The molecule has 1 N–H and O–H groups in total. The first kappa shape index (κ1) is 16.4. The van der Waals surface area contributed by atoms with E-state index in [1.54, 1.807) is 6.07 Å². The molecular weight excluding hydrogens is 296 g/mol. The van der Waals surface area contributed by atoms with E-state index in [4.69, 9.17) is 11.6 Å². The standard InChI is InChI=1S/C18H21ClN2O/c1-4-21(5-2)16-9-6-14(7-10-16)18(22)20-17-11-8-15(19)12-13(17)3/h6-12H,4-5H2,1-3H3,(H,20,22). The van der Waals surface area contributed by atoms with Gasteiger partial charge in [0.2, 0.25) is 0 Å². The molecule has 0 aliphatic heterocycles. The molecule has 0 bridgehead atoms. The molecule has 2 aromatic carbocycles. The van der Waals surface area contributed by atoms with Crippen LogP contribution in [-0.2, 0) is 0 Å². The van der Waals surface area contributed by atoms with Crippen LogP contribution in [0.15, 0.2) is 42.5 Å². The summed E-state index contributed by atoms with van der Waals surface area (Å²) in [6.45, 7) is 8.06. The SMILES string of the molecule is CCN(CC)c1ccc(C(=O)Nc2ccc(Cl)cc2C)cc1. The van der Waals surface area contributed by atoms with Gasteiger partial charge >= 0.3 is 0 Å². The first-order valence-electron chi connectivity index (χ1n) is 7.47. The third-order valence-corrected chi connectivity index (χ3v) is 3.93. The summed E-state index contributed by atoms with van der Waals surface area (Å²) in [5, 5.41) is 3.58. The van der Waals surface area contributed by atoms with Gasteiger partial charge in [-0.05, 0) is 68.8 Å². The van der Waals surface area contributed by atoms with Crippen LogP contribution in [0.1, 0.15) is 29.8 Å². The van der Waals surface area contributed by atoms with E-state index in [1.165, 1.54) is 0 Å². The van der Waals surface area contributed by atoms with Gasteiger partial charge in [-0.25, -0.2) is 0 Å². The van der Waals surface area contributed by atoms with E-state index in [0.29, 0.717) is 10.6 Å².